The lowest BCUT2D eigenvalue weighted by molar-refractivity contribution is -0.129. The van der Waals surface area contributed by atoms with Crippen molar-refractivity contribution in [1.29, 1.82) is 0 Å². The fourth-order valence-corrected chi connectivity index (χ4v) is 3.07. The molecule has 0 aliphatic carbocycles. The van der Waals surface area contributed by atoms with E-state index in [1.807, 2.05) is 12.1 Å². The van der Waals surface area contributed by atoms with Crippen molar-refractivity contribution in [3.63, 3.8) is 0 Å². The summed E-state index contributed by atoms with van der Waals surface area (Å²) in [5, 5.41) is 2.85. The number of hydrogen-bond donors (Lipinski definition) is 4. The summed E-state index contributed by atoms with van der Waals surface area (Å²) in [5.41, 5.74) is 9.31. The summed E-state index contributed by atoms with van der Waals surface area (Å²) in [7, 11) is 0. The van der Waals surface area contributed by atoms with Gasteiger partial charge in [0.1, 0.15) is 0 Å². The van der Waals surface area contributed by atoms with E-state index >= 15 is 0 Å². The molecule has 0 bridgehead atoms. The molecule has 0 unspecified atom stereocenters. The number of carbonyl (C=O) groups is 4. The summed E-state index contributed by atoms with van der Waals surface area (Å²) >= 11 is 0. The van der Waals surface area contributed by atoms with E-state index in [0.717, 1.165) is 0 Å². The van der Waals surface area contributed by atoms with E-state index in [0.29, 0.717) is 21.5 Å². The zero-order valence-electron chi connectivity index (χ0n) is 21.6. The third-order valence-corrected chi connectivity index (χ3v) is 5.30. The Bertz CT molecular complexity index is 1160. The highest BCUT2D eigenvalue weighted by molar-refractivity contribution is 6.00. The Morgan fingerprint density at radius 2 is 0.658 bits per heavy atom. The van der Waals surface area contributed by atoms with Crippen molar-refractivity contribution >= 4 is 45.2 Å². The molecule has 0 saturated carbocycles. The number of hydroxylamine groups is 4. The van der Waals surface area contributed by atoms with Gasteiger partial charge in [-0.05, 0) is 57.9 Å². The second-order valence-corrected chi connectivity index (χ2v) is 8.07. The zero-order chi connectivity index (χ0) is 27.7. The van der Waals surface area contributed by atoms with Gasteiger partial charge >= 0.3 is 0 Å². The van der Waals surface area contributed by atoms with Gasteiger partial charge in [-0.2, -0.15) is 21.9 Å². The number of hydrogen-bond acceptors (Lipinski definition) is 8. The number of rotatable bonds is 12. The second-order valence-electron chi connectivity index (χ2n) is 8.07. The van der Waals surface area contributed by atoms with Crippen molar-refractivity contribution in [1.82, 2.24) is 21.9 Å². The van der Waals surface area contributed by atoms with Crippen molar-refractivity contribution < 1.29 is 38.5 Å². The molecule has 38 heavy (non-hydrogen) atoms. The lowest BCUT2D eigenvalue weighted by Crippen LogP contribution is -2.28. The molecule has 0 atom stereocenters. The molecule has 0 radical (unpaired) electrons. The molecule has 0 spiro atoms. The minimum Gasteiger partial charge on any atom is -0.375 e. The Hall–Kier alpha value is -4.74. The highest BCUT2D eigenvalue weighted by Crippen LogP contribution is 2.37. The smallest absolute Gasteiger partial charge is 0.252 e. The van der Waals surface area contributed by atoms with Gasteiger partial charge in [0.25, 0.3) is 23.6 Å². The van der Waals surface area contributed by atoms with Gasteiger partial charge in [-0.1, -0.05) is 27.7 Å². The average molecular weight is 527 g/mol. The van der Waals surface area contributed by atoms with Crippen LogP contribution in [0.15, 0.2) is 36.4 Å². The monoisotopic (exact) mass is 526 g/mol. The molecule has 3 aromatic carbocycles. The summed E-state index contributed by atoms with van der Waals surface area (Å²) in [6, 6.07) is 10.2. The van der Waals surface area contributed by atoms with Crippen LogP contribution in [0.5, 0.6) is 23.0 Å². The van der Waals surface area contributed by atoms with Crippen LogP contribution in [0.3, 0.4) is 0 Å². The molecule has 3 aromatic rings. The third-order valence-electron chi connectivity index (χ3n) is 5.30. The minimum absolute atomic E-state index is 0.170. The Kier molecular flexibility index (Phi) is 9.52. The van der Waals surface area contributed by atoms with E-state index < -0.39 is 0 Å². The van der Waals surface area contributed by atoms with Gasteiger partial charge in [-0.25, -0.2) is 0 Å². The molecular formula is C26H30N4O8. The largest absolute Gasteiger partial charge is 0.375 e. The highest BCUT2D eigenvalue weighted by Gasteiger charge is 2.16. The lowest BCUT2D eigenvalue weighted by Gasteiger charge is -2.15. The SMILES string of the molecule is CCC(=O)NOc1cc2cc3cc(ONC(=O)CC)c(ONC(=O)CC)cc3cc2cc1ONC(=O)CC. The Morgan fingerprint density at radius 1 is 0.447 bits per heavy atom. The predicted molar refractivity (Wildman–Crippen MR) is 138 cm³/mol. The van der Waals surface area contributed by atoms with Gasteiger partial charge in [0.05, 0.1) is 0 Å². The van der Waals surface area contributed by atoms with E-state index in [4.69, 9.17) is 19.4 Å². The minimum atomic E-state index is -0.342. The van der Waals surface area contributed by atoms with Crippen molar-refractivity contribution in [2.75, 3.05) is 0 Å². The first kappa shape index (κ1) is 27.8. The maximum absolute atomic E-state index is 11.7. The van der Waals surface area contributed by atoms with Crippen LogP contribution in [-0.2, 0) is 19.2 Å². The molecular weight excluding hydrogens is 496 g/mol. The molecule has 0 saturated heterocycles. The first-order valence-corrected chi connectivity index (χ1v) is 12.2. The summed E-state index contributed by atoms with van der Waals surface area (Å²) < 4.78 is 0. The van der Waals surface area contributed by atoms with Gasteiger partial charge in [-0.3, -0.25) is 19.2 Å². The van der Waals surface area contributed by atoms with E-state index in [1.165, 1.54) is 0 Å². The number of carbonyl (C=O) groups excluding carboxylic acids is 4. The van der Waals surface area contributed by atoms with E-state index in [9.17, 15) is 19.2 Å². The standard InChI is InChI=1S/C26H30N4O8/c1-5-23(31)27-35-19-11-15-9-17-13-21(37-29-25(33)7-3)22(38-30-26(34)8-4)14-18(17)10-16(15)12-20(19)36-28-24(32)6-2/h9-14H,5-8H2,1-4H3,(H,27,31)(H,28,32)(H,29,33)(H,30,34). The van der Waals surface area contributed by atoms with Crippen LogP contribution in [0.4, 0.5) is 0 Å². The van der Waals surface area contributed by atoms with Gasteiger partial charge < -0.3 is 19.4 Å². The summed E-state index contributed by atoms with van der Waals surface area (Å²) in [4.78, 5) is 68.7. The predicted octanol–water partition coefficient (Wildman–Crippen LogP) is 3.27. The van der Waals surface area contributed by atoms with Crippen LogP contribution in [0.25, 0.3) is 21.5 Å². The first-order chi connectivity index (χ1) is 18.3. The van der Waals surface area contributed by atoms with Gasteiger partial charge in [0, 0.05) is 25.7 Å². The van der Waals surface area contributed by atoms with Crippen molar-refractivity contribution in [3.8, 4) is 23.0 Å². The number of benzene rings is 3. The molecule has 0 aromatic heterocycles. The Labute approximate surface area is 218 Å². The normalized spacial score (nSPS) is 10.4. The molecule has 0 fully saturated rings. The Morgan fingerprint density at radius 3 is 0.842 bits per heavy atom. The van der Waals surface area contributed by atoms with Gasteiger partial charge in [-0.15, -0.1) is 0 Å². The van der Waals surface area contributed by atoms with Crippen LogP contribution in [-0.4, -0.2) is 23.6 Å². The number of fused-ring (bicyclic) bond motifs is 2. The van der Waals surface area contributed by atoms with Crippen LogP contribution in [0.2, 0.25) is 0 Å². The summed E-state index contributed by atoms with van der Waals surface area (Å²) in [5.74, 6) is -0.686. The van der Waals surface area contributed by atoms with Crippen LogP contribution >= 0.6 is 0 Å². The number of nitrogens with one attached hydrogen (secondary N) is 4. The fourth-order valence-electron chi connectivity index (χ4n) is 3.07. The summed E-state index contributed by atoms with van der Waals surface area (Å²) in [6.07, 6.45) is 0.839. The van der Waals surface area contributed by atoms with Gasteiger partial charge in [0.2, 0.25) is 23.0 Å². The molecule has 202 valence electrons. The van der Waals surface area contributed by atoms with Crippen LogP contribution in [0, 0.1) is 0 Å². The molecule has 3 rings (SSSR count). The second kappa shape index (κ2) is 13.0. The molecule has 12 nitrogen and oxygen atoms in total. The molecule has 12 heteroatoms. The fraction of sp³-hybridized carbons (Fsp3) is 0.308. The van der Waals surface area contributed by atoms with Crippen molar-refractivity contribution in [2.45, 2.75) is 53.4 Å². The highest BCUT2D eigenvalue weighted by atomic mass is 16.7. The maximum Gasteiger partial charge on any atom is 0.252 e. The molecule has 4 N–H and O–H groups in total. The van der Waals surface area contributed by atoms with Gasteiger partial charge in [0.15, 0.2) is 0 Å². The lowest BCUT2D eigenvalue weighted by atomic mass is 10.0. The quantitative estimate of drug-likeness (QED) is 0.207. The topological polar surface area (TPSA) is 153 Å². The third kappa shape index (κ3) is 7.15. The zero-order valence-corrected chi connectivity index (χ0v) is 21.6. The molecule has 0 aliphatic heterocycles. The van der Waals surface area contributed by atoms with Crippen molar-refractivity contribution in [3.05, 3.63) is 36.4 Å². The van der Waals surface area contributed by atoms with E-state index in [2.05, 4.69) is 21.9 Å². The molecule has 0 heterocycles. The summed E-state index contributed by atoms with van der Waals surface area (Å²) in [6.45, 7) is 6.72. The first-order valence-electron chi connectivity index (χ1n) is 12.2. The average Bonchev–Trinajstić information content (AvgIpc) is 2.94. The van der Waals surface area contributed by atoms with Crippen LogP contribution in [0.1, 0.15) is 53.4 Å². The van der Waals surface area contributed by atoms with E-state index in [-0.39, 0.29) is 72.3 Å². The Balaban J connectivity index is 2.07. The van der Waals surface area contributed by atoms with Crippen molar-refractivity contribution in [2.24, 2.45) is 0 Å². The molecule has 0 aliphatic rings. The number of amides is 4. The molecule has 4 amide bonds. The maximum atomic E-state index is 11.7. The van der Waals surface area contributed by atoms with E-state index in [1.54, 1.807) is 52.0 Å². The van der Waals surface area contributed by atoms with Crippen LogP contribution < -0.4 is 41.3 Å².